The third kappa shape index (κ3) is 3.25. The van der Waals surface area contributed by atoms with E-state index < -0.39 is 8.07 Å². The Morgan fingerprint density at radius 2 is 1.67 bits per heavy atom. The van der Waals surface area contributed by atoms with Crippen LogP contribution in [0.4, 0.5) is 0 Å². The van der Waals surface area contributed by atoms with Crippen molar-refractivity contribution in [1.29, 1.82) is 0 Å². The normalized spacial score (nSPS) is 14.3. The predicted molar refractivity (Wildman–Crippen MR) is 96.8 cm³/mol. The summed E-state index contributed by atoms with van der Waals surface area (Å²) < 4.78 is 0. The topological polar surface area (TPSA) is 0 Å². The fraction of sp³-hybridized carbons (Fsp3) is 0.200. The van der Waals surface area contributed by atoms with Gasteiger partial charge in [0.1, 0.15) is 0 Å². The second kappa shape index (κ2) is 5.49. The Morgan fingerprint density at radius 1 is 0.905 bits per heavy atom. The molecule has 1 aliphatic rings. The summed E-state index contributed by atoms with van der Waals surface area (Å²) in [5.74, 6) is 0. The molecular weight excluding hydrogens is 268 g/mol. The molecule has 0 saturated carbocycles. The molecule has 0 radical (unpaired) electrons. The van der Waals surface area contributed by atoms with Crippen LogP contribution in [0.15, 0.2) is 54.2 Å². The maximum Gasteiger partial charge on any atom is 0.0687 e. The Balaban J connectivity index is 1.97. The van der Waals surface area contributed by atoms with Crippen molar-refractivity contribution in [3.05, 3.63) is 76.5 Å². The molecule has 1 heteroatoms. The molecule has 3 rings (SSSR count). The molecule has 21 heavy (non-hydrogen) atoms. The van der Waals surface area contributed by atoms with Crippen LogP contribution in [0.2, 0.25) is 19.6 Å². The van der Waals surface area contributed by atoms with E-state index in [0.29, 0.717) is 0 Å². The molecule has 0 aromatic heterocycles. The number of hydrogen-bond donors (Lipinski definition) is 0. The molecule has 0 saturated heterocycles. The zero-order chi connectivity index (χ0) is 14.9. The van der Waals surface area contributed by atoms with Gasteiger partial charge < -0.3 is 0 Å². The van der Waals surface area contributed by atoms with Gasteiger partial charge in [0, 0.05) is 0 Å². The van der Waals surface area contributed by atoms with E-state index >= 15 is 0 Å². The van der Waals surface area contributed by atoms with Crippen molar-refractivity contribution < 1.29 is 0 Å². The summed E-state index contributed by atoms with van der Waals surface area (Å²) in [4.78, 5) is 0. The number of fused-ring (bicyclic) bond motifs is 1. The SMILES string of the molecule is C[Si](C)(C)C=Cc1cccc2c1C=C(c1ccccc1)C2. The zero-order valence-corrected chi connectivity index (χ0v) is 14.1. The van der Waals surface area contributed by atoms with E-state index in [2.05, 4.69) is 86.0 Å². The molecule has 0 amide bonds. The quantitative estimate of drug-likeness (QED) is 0.638. The minimum atomic E-state index is -1.15. The number of allylic oxidation sites excluding steroid dienone is 1. The molecule has 0 N–H and O–H groups in total. The van der Waals surface area contributed by atoms with Crippen molar-refractivity contribution in [3.63, 3.8) is 0 Å². The van der Waals surface area contributed by atoms with Crippen molar-refractivity contribution >= 4 is 25.8 Å². The lowest BCUT2D eigenvalue weighted by molar-refractivity contribution is 1.31. The summed E-state index contributed by atoms with van der Waals surface area (Å²) in [5, 5.41) is 0. The third-order valence-electron chi connectivity index (χ3n) is 3.84. The van der Waals surface area contributed by atoms with Crippen LogP contribution in [0.1, 0.15) is 22.3 Å². The summed E-state index contributed by atoms with van der Waals surface area (Å²) in [7, 11) is -1.15. The highest BCUT2D eigenvalue weighted by Gasteiger charge is 2.16. The first-order chi connectivity index (χ1) is 10.0. The molecule has 2 aromatic rings. The van der Waals surface area contributed by atoms with E-state index in [1.807, 2.05) is 0 Å². The van der Waals surface area contributed by atoms with Crippen LogP contribution in [-0.2, 0) is 6.42 Å². The highest BCUT2D eigenvalue weighted by atomic mass is 28.3. The summed E-state index contributed by atoms with van der Waals surface area (Å²) in [6.45, 7) is 7.12. The number of hydrogen-bond acceptors (Lipinski definition) is 0. The Labute approximate surface area is 128 Å². The maximum atomic E-state index is 2.43. The standard InChI is InChI=1S/C20H22Si/c1-21(2,3)13-12-17-10-7-11-18-14-19(15-20(17)18)16-8-5-4-6-9-16/h4-13,15H,14H2,1-3H3. The lowest BCUT2D eigenvalue weighted by Gasteiger charge is -2.09. The van der Waals surface area contributed by atoms with Gasteiger partial charge in [0.15, 0.2) is 0 Å². The van der Waals surface area contributed by atoms with Gasteiger partial charge in [0.25, 0.3) is 0 Å². The van der Waals surface area contributed by atoms with E-state index in [4.69, 9.17) is 0 Å². The minimum absolute atomic E-state index is 1.05. The number of benzene rings is 2. The first-order valence-corrected chi connectivity index (χ1v) is 11.2. The highest BCUT2D eigenvalue weighted by Crippen LogP contribution is 2.34. The molecule has 0 spiro atoms. The van der Waals surface area contributed by atoms with Crippen LogP contribution < -0.4 is 0 Å². The Hall–Kier alpha value is -1.86. The molecule has 0 fully saturated rings. The Kier molecular flexibility index (Phi) is 3.69. The van der Waals surface area contributed by atoms with Crippen molar-refractivity contribution in [2.24, 2.45) is 0 Å². The monoisotopic (exact) mass is 290 g/mol. The van der Waals surface area contributed by atoms with Crippen LogP contribution in [-0.4, -0.2) is 8.07 Å². The second-order valence-electron chi connectivity index (χ2n) is 6.83. The van der Waals surface area contributed by atoms with Crippen LogP contribution in [0, 0.1) is 0 Å². The average Bonchev–Trinajstić information content (AvgIpc) is 2.89. The van der Waals surface area contributed by atoms with Gasteiger partial charge in [-0.1, -0.05) is 79.9 Å². The molecule has 1 aliphatic carbocycles. The van der Waals surface area contributed by atoms with Gasteiger partial charge in [-0.05, 0) is 40.3 Å². The van der Waals surface area contributed by atoms with Gasteiger partial charge in [-0.25, -0.2) is 0 Å². The average molecular weight is 290 g/mol. The van der Waals surface area contributed by atoms with Gasteiger partial charge in [0.2, 0.25) is 0 Å². The summed E-state index contributed by atoms with van der Waals surface area (Å²) in [5.41, 5.74) is 9.42. The summed E-state index contributed by atoms with van der Waals surface area (Å²) >= 11 is 0. The molecule has 0 nitrogen and oxygen atoms in total. The highest BCUT2D eigenvalue weighted by molar-refractivity contribution is 6.81. The van der Waals surface area contributed by atoms with Gasteiger partial charge in [-0.3, -0.25) is 0 Å². The van der Waals surface area contributed by atoms with Crippen LogP contribution in [0.5, 0.6) is 0 Å². The van der Waals surface area contributed by atoms with Gasteiger partial charge in [-0.15, -0.1) is 0 Å². The molecule has 0 aliphatic heterocycles. The third-order valence-corrected chi connectivity index (χ3v) is 5.00. The fourth-order valence-electron chi connectivity index (χ4n) is 2.72. The zero-order valence-electron chi connectivity index (χ0n) is 13.1. The molecular formula is C20H22Si. The molecule has 0 bridgehead atoms. The van der Waals surface area contributed by atoms with E-state index in [0.717, 1.165) is 6.42 Å². The van der Waals surface area contributed by atoms with Gasteiger partial charge in [-0.2, -0.15) is 0 Å². The molecule has 0 heterocycles. The largest absolute Gasteiger partial charge is 0.0944 e. The molecule has 2 aromatic carbocycles. The summed E-state index contributed by atoms with van der Waals surface area (Å²) in [6, 6.07) is 17.4. The smallest absolute Gasteiger partial charge is 0.0687 e. The van der Waals surface area contributed by atoms with Crippen molar-refractivity contribution in [3.8, 4) is 0 Å². The van der Waals surface area contributed by atoms with E-state index in [1.165, 1.54) is 27.8 Å². The van der Waals surface area contributed by atoms with Gasteiger partial charge in [0.05, 0.1) is 8.07 Å². The lowest BCUT2D eigenvalue weighted by atomic mass is 10.0. The minimum Gasteiger partial charge on any atom is -0.0944 e. The Bertz CT molecular complexity index is 700. The maximum absolute atomic E-state index is 2.43. The second-order valence-corrected chi connectivity index (χ2v) is 11.9. The van der Waals surface area contributed by atoms with E-state index in [-0.39, 0.29) is 0 Å². The van der Waals surface area contributed by atoms with Crippen LogP contribution in [0.25, 0.3) is 17.7 Å². The van der Waals surface area contributed by atoms with Crippen LogP contribution >= 0.6 is 0 Å². The van der Waals surface area contributed by atoms with Crippen LogP contribution in [0.3, 0.4) is 0 Å². The number of rotatable bonds is 3. The Morgan fingerprint density at radius 3 is 2.38 bits per heavy atom. The lowest BCUT2D eigenvalue weighted by Crippen LogP contribution is -2.15. The van der Waals surface area contributed by atoms with Crippen molar-refractivity contribution in [1.82, 2.24) is 0 Å². The fourth-order valence-corrected chi connectivity index (χ4v) is 3.40. The van der Waals surface area contributed by atoms with E-state index in [9.17, 15) is 0 Å². The van der Waals surface area contributed by atoms with Gasteiger partial charge >= 0.3 is 0 Å². The molecule has 0 atom stereocenters. The first kappa shape index (κ1) is 14.1. The first-order valence-electron chi connectivity index (χ1n) is 7.60. The van der Waals surface area contributed by atoms with Crippen molar-refractivity contribution in [2.45, 2.75) is 26.1 Å². The summed E-state index contributed by atoms with van der Waals surface area (Å²) in [6.07, 6.45) is 5.75. The molecule has 106 valence electrons. The van der Waals surface area contributed by atoms with E-state index in [1.54, 1.807) is 0 Å². The predicted octanol–water partition coefficient (Wildman–Crippen LogP) is 5.67. The van der Waals surface area contributed by atoms with Crippen molar-refractivity contribution in [2.75, 3.05) is 0 Å². The molecule has 0 unspecified atom stereocenters.